The molecule has 0 spiro atoms. The minimum Gasteiger partial charge on any atom is -0.481 e. The van der Waals surface area contributed by atoms with Crippen LogP contribution in [0, 0.1) is 0 Å². The maximum atomic E-state index is 12.8. The highest BCUT2D eigenvalue weighted by Gasteiger charge is 2.28. The molecule has 2 aromatic heterocycles. The molecule has 0 aliphatic carbocycles. The average molecular weight is 328 g/mol. The van der Waals surface area contributed by atoms with E-state index in [-0.39, 0.29) is 18.4 Å². The molecular formula is C17H20N4O3. The minimum atomic E-state index is -0.822. The lowest BCUT2D eigenvalue weighted by Crippen LogP contribution is -2.43. The van der Waals surface area contributed by atoms with Crippen molar-refractivity contribution in [1.82, 2.24) is 19.7 Å². The van der Waals surface area contributed by atoms with E-state index in [0.29, 0.717) is 18.5 Å². The first kappa shape index (κ1) is 16.2. The molecule has 7 nitrogen and oxygen atoms in total. The summed E-state index contributed by atoms with van der Waals surface area (Å²) in [6.07, 6.45) is 10.0. The van der Waals surface area contributed by atoms with Crippen molar-refractivity contribution in [3.8, 4) is 5.69 Å². The summed E-state index contributed by atoms with van der Waals surface area (Å²) >= 11 is 0. The van der Waals surface area contributed by atoms with E-state index in [9.17, 15) is 9.59 Å². The van der Waals surface area contributed by atoms with Crippen molar-refractivity contribution < 1.29 is 14.7 Å². The van der Waals surface area contributed by atoms with Gasteiger partial charge in [-0.05, 0) is 37.8 Å². The summed E-state index contributed by atoms with van der Waals surface area (Å²) in [5.74, 6) is -0.905. The highest BCUT2D eigenvalue weighted by atomic mass is 16.4. The van der Waals surface area contributed by atoms with Gasteiger partial charge in [-0.2, -0.15) is 5.10 Å². The molecular weight excluding hydrogens is 308 g/mol. The number of likely N-dealkylation sites (tertiary alicyclic amines) is 1. The van der Waals surface area contributed by atoms with Crippen LogP contribution in [0.25, 0.3) is 5.69 Å². The maximum absolute atomic E-state index is 12.8. The van der Waals surface area contributed by atoms with Gasteiger partial charge in [-0.3, -0.25) is 14.6 Å². The van der Waals surface area contributed by atoms with Crippen molar-refractivity contribution in [2.24, 2.45) is 0 Å². The molecule has 1 fully saturated rings. The zero-order valence-corrected chi connectivity index (χ0v) is 13.3. The van der Waals surface area contributed by atoms with Crippen molar-refractivity contribution in [1.29, 1.82) is 0 Å². The standard InChI is InChI=1S/C17H20N4O3/c22-16(23)7-6-14-4-1-2-9-20(14)17(24)13-10-19-21(12-13)15-5-3-8-18-11-15/h3,5,8,10-12,14H,1-2,4,6-7,9H2,(H,22,23). The fourth-order valence-corrected chi connectivity index (χ4v) is 3.09. The number of rotatable bonds is 5. The number of hydrogen-bond donors (Lipinski definition) is 1. The van der Waals surface area contributed by atoms with Crippen molar-refractivity contribution in [3.63, 3.8) is 0 Å². The Morgan fingerprint density at radius 3 is 2.92 bits per heavy atom. The van der Waals surface area contributed by atoms with Gasteiger partial charge in [0, 0.05) is 31.4 Å². The Hall–Kier alpha value is -2.70. The highest BCUT2D eigenvalue weighted by molar-refractivity contribution is 5.94. The van der Waals surface area contributed by atoms with E-state index in [2.05, 4.69) is 10.1 Å². The zero-order valence-electron chi connectivity index (χ0n) is 13.3. The van der Waals surface area contributed by atoms with Crippen LogP contribution in [-0.2, 0) is 4.79 Å². The van der Waals surface area contributed by atoms with E-state index in [1.54, 1.807) is 34.4 Å². The van der Waals surface area contributed by atoms with E-state index in [1.807, 2.05) is 12.1 Å². The summed E-state index contributed by atoms with van der Waals surface area (Å²) in [7, 11) is 0. The molecule has 7 heteroatoms. The first-order valence-electron chi connectivity index (χ1n) is 8.13. The molecule has 0 radical (unpaired) electrons. The Bertz CT molecular complexity index is 714. The summed E-state index contributed by atoms with van der Waals surface area (Å²) in [6.45, 7) is 0.668. The molecule has 0 saturated carbocycles. The molecule has 3 heterocycles. The lowest BCUT2D eigenvalue weighted by atomic mass is 9.97. The Morgan fingerprint density at radius 1 is 1.29 bits per heavy atom. The molecule has 1 amide bonds. The van der Waals surface area contributed by atoms with Gasteiger partial charge in [-0.1, -0.05) is 0 Å². The molecule has 1 N–H and O–H groups in total. The van der Waals surface area contributed by atoms with Crippen molar-refractivity contribution in [2.45, 2.75) is 38.1 Å². The zero-order chi connectivity index (χ0) is 16.9. The largest absolute Gasteiger partial charge is 0.481 e. The SMILES string of the molecule is O=C(O)CCC1CCCCN1C(=O)c1cnn(-c2cccnc2)c1. The summed E-state index contributed by atoms with van der Waals surface area (Å²) in [4.78, 5) is 29.5. The van der Waals surface area contributed by atoms with E-state index < -0.39 is 5.97 Å². The van der Waals surface area contributed by atoms with Crippen LogP contribution in [0.15, 0.2) is 36.9 Å². The van der Waals surface area contributed by atoms with Crippen LogP contribution in [0.4, 0.5) is 0 Å². The number of aromatic nitrogens is 3. The Labute approximate surface area is 139 Å². The molecule has 2 aromatic rings. The molecule has 0 bridgehead atoms. The number of nitrogens with zero attached hydrogens (tertiary/aromatic N) is 4. The fraction of sp³-hybridized carbons (Fsp3) is 0.412. The third-order valence-electron chi connectivity index (χ3n) is 4.32. The first-order chi connectivity index (χ1) is 11.6. The van der Waals surface area contributed by atoms with Crippen LogP contribution in [-0.4, -0.2) is 49.2 Å². The second-order valence-electron chi connectivity index (χ2n) is 5.97. The Balaban J connectivity index is 1.74. The van der Waals surface area contributed by atoms with Crippen LogP contribution in [0.2, 0.25) is 0 Å². The Morgan fingerprint density at radius 2 is 2.17 bits per heavy atom. The molecule has 1 unspecified atom stereocenters. The quantitative estimate of drug-likeness (QED) is 0.908. The highest BCUT2D eigenvalue weighted by Crippen LogP contribution is 2.23. The minimum absolute atomic E-state index is 0.0101. The third-order valence-corrected chi connectivity index (χ3v) is 4.32. The number of pyridine rings is 1. The van der Waals surface area contributed by atoms with Gasteiger partial charge in [-0.15, -0.1) is 0 Å². The predicted molar refractivity (Wildman–Crippen MR) is 86.9 cm³/mol. The monoisotopic (exact) mass is 328 g/mol. The van der Waals surface area contributed by atoms with E-state index >= 15 is 0 Å². The van der Waals surface area contributed by atoms with Crippen molar-refractivity contribution in [2.75, 3.05) is 6.54 Å². The van der Waals surface area contributed by atoms with Gasteiger partial charge in [0.1, 0.15) is 0 Å². The van der Waals surface area contributed by atoms with Gasteiger partial charge >= 0.3 is 5.97 Å². The number of carboxylic acid groups (broad SMARTS) is 1. The normalized spacial score (nSPS) is 17.7. The second kappa shape index (κ2) is 7.25. The maximum Gasteiger partial charge on any atom is 0.303 e. The third kappa shape index (κ3) is 3.61. The van der Waals surface area contributed by atoms with Gasteiger partial charge in [0.15, 0.2) is 0 Å². The van der Waals surface area contributed by atoms with Gasteiger partial charge in [0.05, 0.1) is 23.6 Å². The molecule has 1 atom stereocenters. The number of carbonyl (C=O) groups excluding carboxylic acids is 1. The van der Waals surface area contributed by atoms with Gasteiger partial charge in [0.25, 0.3) is 5.91 Å². The van der Waals surface area contributed by atoms with E-state index in [0.717, 1.165) is 24.9 Å². The molecule has 126 valence electrons. The fourth-order valence-electron chi connectivity index (χ4n) is 3.09. The van der Waals surface area contributed by atoms with Gasteiger partial charge in [0.2, 0.25) is 0 Å². The number of carbonyl (C=O) groups is 2. The van der Waals surface area contributed by atoms with E-state index in [1.165, 1.54) is 0 Å². The van der Waals surface area contributed by atoms with Gasteiger partial charge in [-0.25, -0.2) is 4.68 Å². The molecule has 0 aromatic carbocycles. The Kier molecular flexibility index (Phi) is 4.88. The summed E-state index contributed by atoms with van der Waals surface area (Å²) in [6, 6.07) is 3.67. The average Bonchev–Trinajstić information content (AvgIpc) is 3.10. The number of piperidine rings is 1. The van der Waals surface area contributed by atoms with Crippen LogP contribution in [0.1, 0.15) is 42.5 Å². The van der Waals surface area contributed by atoms with E-state index in [4.69, 9.17) is 5.11 Å². The lowest BCUT2D eigenvalue weighted by molar-refractivity contribution is -0.137. The number of carboxylic acids is 1. The number of hydrogen-bond acceptors (Lipinski definition) is 4. The van der Waals surface area contributed by atoms with Gasteiger partial charge < -0.3 is 10.0 Å². The molecule has 1 aliphatic heterocycles. The van der Waals surface area contributed by atoms with Crippen molar-refractivity contribution in [3.05, 3.63) is 42.5 Å². The number of aliphatic carboxylic acids is 1. The summed E-state index contributed by atoms with van der Waals surface area (Å²) < 4.78 is 1.62. The first-order valence-corrected chi connectivity index (χ1v) is 8.13. The van der Waals surface area contributed by atoms with Crippen molar-refractivity contribution >= 4 is 11.9 Å². The van der Waals surface area contributed by atoms with Crippen LogP contribution >= 0.6 is 0 Å². The number of amides is 1. The predicted octanol–water partition coefficient (Wildman–Crippen LogP) is 2.13. The lowest BCUT2D eigenvalue weighted by Gasteiger charge is -2.35. The molecule has 24 heavy (non-hydrogen) atoms. The molecule has 3 rings (SSSR count). The second-order valence-corrected chi connectivity index (χ2v) is 5.97. The van der Waals surface area contributed by atoms with Crippen LogP contribution in [0.5, 0.6) is 0 Å². The smallest absolute Gasteiger partial charge is 0.303 e. The van der Waals surface area contributed by atoms with Crippen LogP contribution < -0.4 is 0 Å². The molecule has 1 aliphatic rings. The molecule has 1 saturated heterocycles. The van der Waals surface area contributed by atoms with Crippen LogP contribution in [0.3, 0.4) is 0 Å². The summed E-state index contributed by atoms with van der Waals surface area (Å²) in [5, 5.41) is 13.1. The topological polar surface area (TPSA) is 88.3 Å². The summed E-state index contributed by atoms with van der Waals surface area (Å²) in [5.41, 5.74) is 1.30.